The number of nitrogens with one attached hydrogen (secondary N) is 2. The van der Waals surface area contributed by atoms with E-state index in [-0.39, 0.29) is 10.6 Å². The van der Waals surface area contributed by atoms with Gasteiger partial charge in [-0.1, -0.05) is 11.6 Å². The highest BCUT2D eigenvalue weighted by molar-refractivity contribution is 7.99. The van der Waals surface area contributed by atoms with Crippen LogP contribution in [0.5, 0.6) is 0 Å². The number of aromatic nitrogens is 2. The van der Waals surface area contributed by atoms with Gasteiger partial charge in [-0.15, -0.1) is 0 Å². The van der Waals surface area contributed by atoms with Crippen molar-refractivity contribution in [3.05, 3.63) is 21.7 Å². The van der Waals surface area contributed by atoms with Crippen molar-refractivity contribution < 1.29 is 0 Å². The molecule has 15 heavy (non-hydrogen) atoms. The molecule has 0 spiro atoms. The second-order valence-corrected chi connectivity index (χ2v) is 4.98. The fourth-order valence-corrected chi connectivity index (χ4v) is 2.76. The lowest BCUT2D eigenvalue weighted by atomic mass is 10.2. The van der Waals surface area contributed by atoms with Crippen molar-refractivity contribution >= 4 is 29.2 Å². The van der Waals surface area contributed by atoms with Gasteiger partial charge < -0.3 is 10.3 Å². The fraction of sp³-hybridized carbons (Fsp3) is 0.556. The van der Waals surface area contributed by atoms with Crippen LogP contribution in [0.25, 0.3) is 0 Å². The molecule has 2 heterocycles. The number of hydrogen-bond donors (Lipinski definition) is 2. The Kier molecular flexibility index (Phi) is 3.53. The van der Waals surface area contributed by atoms with Crippen LogP contribution >= 0.6 is 23.4 Å². The van der Waals surface area contributed by atoms with E-state index in [4.69, 9.17) is 11.6 Å². The van der Waals surface area contributed by atoms with E-state index in [0.717, 1.165) is 12.2 Å². The van der Waals surface area contributed by atoms with Crippen molar-refractivity contribution in [2.45, 2.75) is 18.9 Å². The quantitative estimate of drug-likeness (QED) is 0.833. The highest BCUT2D eigenvalue weighted by Crippen LogP contribution is 2.21. The molecule has 0 saturated carbocycles. The molecule has 1 unspecified atom stereocenters. The Labute approximate surface area is 96.8 Å². The third-order valence-electron chi connectivity index (χ3n) is 2.30. The van der Waals surface area contributed by atoms with Gasteiger partial charge in [-0.2, -0.15) is 11.8 Å². The molecule has 82 valence electrons. The molecule has 0 bridgehead atoms. The zero-order chi connectivity index (χ0) is 10.7. The van der Waals surface area contributed by atoms with Gasteiger partial charge in [-0.3, -0.25) is 4.79 Å². The topological polar surface area (TPSA) is 57.8 Å². The largest absolute Gasteiger partial charge is 0.365 e. The van der Waals surface area contributed by atoms with Crippen molar-refractivity contribution in [3.63, 3.8) is 0 Å². The fourth-order valence-electron chi connectivity index (χ4n) is 1.53. The molecule has 1 aromatic rings. The van der Waals surface area contributed by atoms with E-state index in [1.54, 1.807) is 0 Å². The van der Waals surface area contributed by atoms with Crippen LogP contribution in [0.15, 0.2) is 11.1 Å². The first-order valence-electron chi connectivity index (χ1n) is 4.85. The summed E-state index contributed by atoms with van der Waals surface area (Å²) in [5, 5.41) is 3.35. The Balaban J connectivity index is 2.09. The van der Waals surface area contributed by atoms with Crippen LogP contribution in [0, 0.1) is 0 Å². The van der Waals surface area contributed by atoms with E-state index in [1.165, 1.54) is 18.5 Å². The standard InChI is InChI=1S/C9H12ClN3OS/c10-7-8(11-5-12-9(7)14)13-6-2-1-3-15-4-6/h5-6H,1-4H2,(H2,11,12,13,14). The molecule has 1 atom stereocenters. The molecule has 1 saturated heterocycles. The molecule has 1 aromatic heterocycles. The summed E-state index contributed by atoms with van der Waals surface area (Å²) in [6.07, 6.45) is 3.67. The summed E-state index contributed by atoms with van der Waals surface area (Å²) in [7, 11) is 0. The minimum absolute atomic E-state index is 0.146. The maximum atomic E-state index is 11.2. The van der Waals surface area contributed by atoms with Gasteiger partial charge in [0.2, 0.25) is 0 Å². The number of anilines is 1. The lowest BCUT2D eigenvalue weighted by Gasteiger charge is -2.23. The van der Waals surface area contributed by atoms with Crippen molar-refractivity contribution in [1.82, 2.24) is 9.97 Å². The van der Waals surface area contributed by atoms with Gasteiger partial charge in [0.05, 0.1) is 6.33 Å². The number of halogens is 1. The number of aromatic amines is 1. The van der Waals surface area contributed by atoms with Crippen molar-refractivity contribution in [2.24, 2.45) is 0 Å². The van der Waals surface area contributed by atoms with Crippen LogP contribution in [-0.2, 0) is 0 Å². The van der Waals surface area contributed by atoms with Gasteiger partial charge in [-0.05, 0) is 18.6 Å². The van der Waals surface area contributed by atoms with Crippen LogP contribution in [0.2, 0.25) is 5.02 Å². The highest BCUT2D eigenvalue weighted by atomic mass is 35.5. The number of nitrogens with zero attached hydrogens (tertiary/aromatic N) is 1. The Bertz CT molecular complexity index is 389. The average Bonchev–Trinajstić information content (AvgIpc) is 2.26. The third-order valence-corrected chi connectivity index (χ3v) is 3.86. The van der Waals surface area contributed by atoms with Crippen molar-refractivity contribution in [3.8, 4) is 0 Å². The second-order valence-electron chi connectivity index (χ2n) is 3.45. The number of H-pyrrole nitrogens is 1. The van der Waals surface area contributed by atoms with Gasteiger partial charge in [0.15, 0.2) is 5.82 Å². The van der Waals surface area contributed by atoms with E-state index < -0.39 is 0 Å². The van der Waals surface area contributed by atoms with Crippen molar-refractivity contribution in [2.75, 3.05) is 16.8 Å². The minimum Gasteiger partial charge on any atom is -0.365 e. The molecule has 4 nitrogen and oxygen atoms in total. The summed E-state index contributed by atoms with van der Waals surface area (Å²) in [4.78, 5) is 17.7. The Morgan fingerprint density at radius 2 is 2.53 bits per heavy atom. The molecule has 2 N–H and O–H groups in total. The molecule has 1 aliphatic rings. The van der Waals surface area contributed by atoms with Gasteiger partial charge in [0.25, 0.3) is 5.56 Å². The van der Waals surface area contributed by atoms with E-state index in [1.807, 2.05) is 11.8 Å². The normalized spacial score (nSPS) is 21.3. The Morgan fingerprint density at radius 3 is 3.27 bits per heavy atom. The highest BCUT2D eigenvalue weighted by Gasteiger charge is 2.15. The summed E-state index contributed by atoms with van der Waals surface area (Å²) < 4.78 is 0. The van der Waals surface area contributed by atoms with Crippen LogP contribution < -0.4 is 10.9 Å². The van der Waals surface area contributed by atoms with E-state index in [2.05, 4.69) is 15.3 Å². The van der Waals surface area contributed by atoms with E-state index in [9.17, 15) is 4.79 Å². The molecular formula is C9H12ClN3OS. The maximum absolute atomic E-state index is 11.2. The number of thioether (sulfide) groups is 1. The molecule has 0 amide bonds. The van der Waals surface area contributed by atoms with Crippen LogP contribution in [0.3, 0.4) is 0 Å². The van der Waals surface area contributed by atoms with Crippen LogP contribution in [-0.4, -0.2) is 27.5 Å². The van der Waals surface area contributed by atoms with Gasteiger partial charge in [-0.25, -0.2) is 4.98 Å². The smallest absolute Gasteiger partial charge is 0.271 e. The molecule has 1 fully saturated rings. The molecule has 6 heteroatoms. The monoisotopic (exact) mass is 245 g/mol. The van der Waals surface area contributed by atoms with Crippen LogP contribution in [0.1, 0.15) is 12.8 Å². The molecular weight excluding hydrogens is 234 g/mol. The Hall–Kier alpha value is -0.680. The second kappa shape index (κ2) is 4.90. The zero-order valence-electron chi connectivity index (χ0n) is 8.12. The SMILES string of the molecule is O=c1[nH]cnc(NC2CCCSC2)c1Cl. The first kappa shape index (κ1) is 10.8. The zero-order valence-corrected chi connectivity index (χ0v) is 9.70. The minimum atomic E-state index is -0.294. The van der Waals surface area contributed by atoms with Crippen molar-refractivity contribution in [1.29, 1.82) is 0 Å². The molecule has 0 aliphatic carbocycles. The summed E-state index contributed by atoms with van der Waals surface area (Å²) in [5.41, 5.74) is -0.294. The summed E-state index contributed by atoms with van der Waals surface area (Å²) in [6, 6.07) is 0.371. The van der Waals surface area contributed by atoms with E-state index >= 15 is 0 Å². The molecule has 0 radical (unpaired) electrons. The maximum Gasteiger partial charge on any atom is 0.271 e. The summed E-state index contributed by atoms with van der Waals surface area (Å²) in [5.74, 6) is 2.76. The molecule has 0 aromatic carbocycles. The first-order valence-corrected chi connectivity index (χ1v) is 6.38. The molecule has 2 rings (SSSR count). The van der Waals surface area contributed by atoms with E-state index in [0.29, 0.717) is 11.9 Å². The van der Waals surface area contributed by atoms with Gasteiger partial charge >= 0.3 is 0 Å². The predicted octanol–water partition coefficient (Wildman–Crippen LogP) is 1.73. The predicted molar refractivity (Wildman–Crippen MR) is 63.8 cm³/mol. The number of rotatable bonds is 2. The average molecular weight is 246 g/mol. The molecule has 1 aliphatic heterocycles. The van der Waals surface area contributed by atoms with Gasteiger partial charge in [0.1, 0.15) is 5.02 Å². The number of hydrogen-bond acceptors (Lipinski definition) is 4. The van der Waals surface area contributed by atoms with Crippen LogP contribution in [0.4, 0.5) is 5.82 Å². The van der Waals surface area contributed by atoms with Gasteiger partial charge in [0, 0.05) is 11.8 Å². The lowest BCUT2D eigenvalue weighted by molar-refractivity contribution is 0.682. The first-order chi connectivity index (χ1) is 7.27. The summed E-state index contributed by atoms with van der Waals surface area (Å²) >= 11 is 7.75. The Morgan fingerprint density at radius 1 is 1.67 bits per heavy atom. The summed E-state index contributed by atoms with van der Waals surface area (Å²) in [6.45, 7) is 0. The third kappa shape index (κ3) is 2.66. The lowest BCUT2D eigenvalue weighted by Crippen LogP contribution is -2.27.